The average molecular weight is 337 g/mol. The van der Waals surface area contributed by atoms with E-state index in [4.69, 9.17) is 14.5 Å². The van der Waals surface area contributed by atoms with Crippen molar-refractivity contribution in [2.24, 2.45) is 4.99 Å². The summed E-state index contributed by atoms with van der Waals surface area (Å²) in [5, 5.41) is 0. The monoisotopic (exact) mass is 337 g/mol. The van der Waals surface area contributed by atoms with Crippen molar-refractivity contribution in [2.75, 3.05) is 34.9 Å². The van der Waals surface area contributed by atoms with Gasteiger partial charge in [0.25, 0.3) is 0 Å². The Bertz CT molecular complexity index is 805. The number of fused-ring (bicyclic) bond motifs is 1. The molecular formula is C21H25N2O2+. The van der Waals surface area contributed by atoms with Crippen LogP contribution in [0.5, 0.6) is 11.5 Å². The van der Waals surface area contributed by atoms with E-state index in [1.54, 1.807) is 14.2 Å². The Labute approximate surface area is 149 Å². The van der Waals surface area contributed by atoms with E-state index in [1.165, 1.54) is 21.7 Å². The van der Waals surface area contributed by atoms with Crippen molar-refractivity contribution in [1.82, 2.24) is 0 Å². The van der Waals surface area contributed by atoms with Gasteiger partial charge >= 0.3 is 0 Å². The minimum absolute atomic E-state index is 0.738. The van der Waals surface area contributed by atoms with Gasteiger partial charge in [-0.2, -0.15) is 0 Å². The van der Waals surface area contributed by atoms with E-state index in [1.807, 2.05) is 6.07 Å². The van der Waals surface area contributed by atoms with Gasteiger partial charge in [0.1, 0.15) is 5.69 Å². The number of rotatable bonds is 5. The van der Waals surface area contributed by atoms with Crippen LogP contribution in [-0.4, -0.2) is 40.6 Å². The summed E-state index contributed by atoms with van der Waals surface area (Å²) in [6, 6.07) is 12.7. The molecule has 0 bridgehead atoms. The zero-order chi connectivity index (χ0) is 17.8. The topological polar surface area (TPSA) is 35.3 Å². The maximum absolute atomic E-state index is 5.44. The van der Waals surface area contributed by atoms with Crippen molar-refractivity contribution in [3.8, 4) is 11.5 Å². The summed E-state index contributed by atoms with van der Waals surface area (Å²) in [7, 11) is 7.58. The molecule has 2 aromatic carbocycles. The van der Waals surface area contributed by atoms with Crippen molar-refractivity contribution in [2.45, 2.75) is 6.42 Å². The highest BCUT2D eigenvalue weighted by Crippen LogP contribution is 2.32. The van der Waals surface area contributed by atoms with Crippen LogP contribution < -0.4 is 14.4 Å². The van der Waals surface area contributed by atoms with Crippen molar-refractivity contribution in [3.63, 3.8) is 0 Å². The van der Waals surface area contributed by atoms with Crippen LogP contribution in [0.3, 0.4) is 0 Å². The smallest absolute Gasteiger partial charge is 0.161 e. The maximum atomic E-state index is 5.44. The number of hydrogen-bond acceptors (Lipinski definition) is 3. The molecule has 1 heterocycles. The summed E-state index contributed by atoms with van der Waals surface area (Å²) >= 11 is 0. The lowest BCUT2D eigenvalue weighted by Gasteiger charge is -2.18. The fourth-order valence-corrected chi connectivity index (χ4v) is 2.99. The van der Waals surface area contributed by atoms with Crippen molar-refractivity contribution in [1.29, 1.82) is 0 Å². The quantitative estimate of drug-likeness (QED) is 0.910. The minimum atomic E-state index is 0.738. The van der Waals surface area contributed by atoms with E-state index in [0.717, 1.165) is 35.7 Å². The van der Waals surface area contributed by atoms with Crippen molar-refractivity contribution in [3.05, 3.63) is 59.2 Å². The van der Waals surface area contributed by atoms with Gasteiger partial charge in [0, 0.05) is 12.1 Å². The number of nitrogens with one attached hydrogen (secondary N) is 1. The van der Waals surface area contributed by atoms with E-state index in [9.17, 15) is 0 Å². The molecule has 1 N–H and O–H groups in total. The van der Waals surface area contributed by atoms with Gasteiger partial charge in [-0.25, -0.2) is 0 Å². The molecule has 0 radical (unpaired) electrons. The Morgan fingerprint density at radius 2 is 1.64 bits per heavy atom. The van der Waals surface area contributed by atoms with Gasteiger partial charge in [-0.05, 0) is 60.0 Å². The van der Waals surface area contributed by atoms with Crippen LogP contribution in [0.1, 0.15) is 16.7 Å². The number of benzene rings is 2. The van der Waals surface area contributed by atoms with Gasteiger partial charge in [0.2, 0.25) is 0 Å². The van der Waals surface area contributed by atoms with Crippen LogP contribution >= 0.6 is 0 Å². The normalized spacial score (nSPS) is 13.7. The first-order chi connectivity index (χ1) is 12.1. The van der Waals surface area contributed by atoms with Crippen LogP contribution in [0.4, 0.5) is 5.69 Å². The van der Waals surface area contributed by atoms with Crippen LogP contribution in [0, 0.1) is 0 Å². The first-order valence-corrected chi connectivity index (χ1v) is 8.50. The number of hydrogen-bond donors (Lipinski definition) is 1. The predicted molar refractivity (Wildman–Crippen MR) is 103 cm³/mol. The highest BCUT2D eigenvalue weighted by atomic mass is 16.5. The molecule has 4 nitrogen and oxygen atoms in total. The van der Waals surface area contributed by atoms with Crippen LogP contribution in [0.2, 0.25) is 0 Å². The van der Waals surface area contributed by atoms with E-state index < -0.39 is 0 Å². The van der Waals surface area contributed by atoms with Crippen molar-refractivity contribution >= 4 is 17.5 Å². The number of allylic oxidation sites excluding steroid dienone is 1. The molecule has 0 unspecified atom stereocenters. The summed E-state index contributed by atoms with van der Waals surface area (Å²) in [5.41, 5.74) is 5.80. The lowest BCUT2D eigenvalue weighted by atomic mass is 9.96. The molecule has 3 rings (SSSR count). The zero-order valence-electron chi connectivity index (χ0n) is 15.3. The van der Waals surface area contributed by atoms with Gasteiger partial charge in [-0.1, -0.05) is 6.08 Å². The molecule has 0 spiro atoms. The molecule has 0 aromatic heterocycles. The molecule has 0 atom stereocenters. The van der Waals surface area contributed by atoms with Crippen molar-refractivity contribution < 1.29 is 14.4 Å². The lowest BCUT2D eigenvalue weighted by Crippen LogP contribution is -3.00. The van der Waals surface area contributed by atoms with Crippen LogP contribution in [0.25, 0.3) is 6.08 Å². The summed E-state index contributed by atoms with van der Waals surface area (Å²) in [6.07, 6.45) is 5.12. The highest BCUT2D eigenvalue weighted by Gasteiger charge is 2.16. The number of aliphatic imine (C=N–C) groups is 1. The first kappa shape index (κ1) is 17.2. The maximum Gasteiger partial charge on any atom is 0.161 e. The Hall–Kier alpha value is -2.59. The molecule has 0 aliphatic carbocycles. The molecule has 1 aliphatic heterocycles. The van der Waals surface area contributed by atoms with Gasteiger partial charge < -0.3 is 14.4 Å². The zero-order valence-corrected chi connectivity index (χ0v) is 15.3. The average Bonchev–Trinajstić information content (AvgIpc) is 2.65. The Morgan fingerprint density at radius 3 is 2.28 bits per heavy atom. The summed E-state index contributed by atoms with van der Waals surface area (Å²) < 4.78 is 10.9. The Morgan fingerprint density at radius 1 is 0.960 bits per heavy atom. The number of ether oxygens (including phenoxy) is 2. The molecule has 0 saturated carbocycles. The summed E-state index contributed by atoms with van der Waals surface area (Å²) in [4.78, 5) is 6.01. The SMILES string of the molecule is COc1cc2c(cc1OC)C(C=Cc1ccc([NH+](C)C)cc1)=NCC2. The second kappa shape index (κ2) is 7.53. The third-order valence-electron chi connectivity index (χ3n) is 4.47. The minimum Gasteiger partial charge on any atom is -0.493 e. The molecule has 0 fully saturated rings. The molecule has 1 aliphatic rings. The molecule has 130 valence electrons. The van der Waals surface area contributed by atoms with Crippen LogP contribution in [-0.2, 0) is 6.42 Å². The summed E-state index contributed by atoms with van der Waals surface area (Å²) in [6.45, 7) is 0.797. The highest BCUT2D eigenvalue weighted by molar-refractivity contribution is 6.12. The molecule has 0 amide bonds. The van der Waals surface area contributed by atoms with Gasteiger partial charge in [0.15, 0.2) is 11.5 Å². The molecule has 0 saturated heterocycles. The second-order valence-electron chi connectivity index (χ2n) is 6.34. The lowest BCUT2D eigenvalue weighted by molar-refractivity contribution is -0.786. The number of nitrogens with zero attached hydrogens (tertiary/aromatic N) is 1. The molecule has 4 heteroatoms. The molecular weight excluding hydrogens is 312 g/mol. The van der Waals surface area contributed by atoms with Crippen LogP contribution in [0.15, 0.2) is 47.5 Å². The molecule has 25 heavy (non-hydrogen) atoms. The second-order valence-corrected chi connectivity index (χ2v) is 6.34. The van der Waals surface area contributed by atoms with E-state index >= 15 is 0 Å². The predicted octanol–water partition coefficient (Wildman–Crippen LogP) is 2.54. The standard InChI is InChI=1S/C21H24N2O2/c1-23(2)17-8-5-15(6-9-17)7-10-19-18-14-21(25-4)20(24-3)13-16(18)11-12-22-19/h5-10,13-14H,11-12H2,1-4H3/p+1. The van der Waals surface area contributed by atoms with E-state index in [0.29, 0.717) is 0 Å². The van der Waals surface area contributed by atoms with Gasteiger partial charge in [-0.15, -0.1) is 0 Å². The fraction of sp³-hybridized carbons (Fsp3) is 0.286. The fourth-order valence-electron chi connectivity index (χ4n) is 2.99. The number of methoxy groups -OCH3 is 2. The molecule has 2 aromatic rings. The largest absolute Gasteiger partial charge is 0.493 e. The first-order valence-electron chi connectivity index (χ1n) is 8.50. The third-order valence-corrected chi connectivity index (χ3v) is 4.47. The number of quaternary nitrogens is 1. The van der Waals surface area contributed by atoms with Gasteiger partial charge in [-0.3, -0.25) is 4.99 Å². The van der Waals surface area contributed by atoms with E-state index in [-0.39, 0.29) is 0 Å². The van der Waals surface area contributed by atoms with E-state index in [2.05, 4.69) is 56.6 Å². The Balaban J connectivity index is 1.88. The van der Waals surface area contributed by atoms with Gasteiger partial charge in [0.05, 0.1) is 34.0 Å². The summed E-state index contributed by atoms with van der Waals surface area (Å²) in [5.74, 6) is 1.51. The Kier molecular flexibility index (Phi) is 5.19. The third kappa shape index (κ3) is 3.74.